The SMILES string of the molecule is Cc1cc(N(C)C(=O)N2CCN(C(=O)C3CCN(C(C)C)CC3)C[C@H]2Cc2ccc(Cl)c(Cl)c2)cc(C(F)(F)F)c1. The largest absolute Gasteiger partial charge is 0.416 e. The molecule has 0 N–H and O–H groups in total. The van der Waals surface area contributed by atoms with E-state index in [-0.39, 0.29) is 24.1 Å². The van der Waals surface area contributed by atoms with Crippen molar-refractivity contribution in [1.29, 1.82) is 0 Å². The minimum Gasteiger partial charge on any atom is -0.339 e. The first kappa shape index (κ1) is 31.4. The zero-order valence-corrected chi connectivity index (χ0v) is 25.4. The van der Waals surface area contributed by atoms with Crippen LogP contribution in [0.25, 0.3) is 0 Å². The lowest BCUT2D eigenvalue weighted by molar-refractivity contribution is -0.140. The fraction of sp³-hybridized carbons (Fsp3) is 0.533. The van der Waals surface area contributed by atoms with E-state index in [9.17, 15) is 22.8 Å². The number of urea groups is 1. The minimum atomic E-state index is -4.53. The van der Waals surface area contributed by atoms with Crippen molar-refractivity contribution in [3.8, 4) is 0 Å². The fourth-order valence-corrected chi connectivity index (χ4v) is 6.09. The molecule has 2 aromatic carbocycles. The van der Waals surface area contributed by atoms with E-state index in [1.54, 1.807) is 30.0 Å². The van der Waals surface area contributed by atoms with Gasteiger partial charge in [0.15, 0.2) is 0 Å². The zero-order valence-electron chi connectivity index (χ0n) is 23.8. The Morgan fingerprint density at radius 3 is 2.29 bits per heavy atom. The molecule has 41 heavy (non-hydrogen) atoms. The molecule has 2 aliphatic heterocycles. The number of hydrogen-bond acceptors (Lipinski definition) is 3. The predicted octanol–water partition coefficient (Wildman–Crippen LogP) is 6.75. The lowest BCUT2D eigenvalue weighted by atomic mass is 9.93. The maximum Gasteiger partial charge on any atom is 0.416 e. The van der Waals surface area contributed by atoms with E-state index in [1.165, 1.54) is 11.9 Å². The molecule has 3 amide bonds. The molecular weight excluding hydrogens is 576 g/mol. The first-order chi connectivity index (χ1) is 19.2. The number of hydrogen-bond donors (Lipinski definition) is 0. The van der Waals surface area contributed by atoms with Crippen LogP contribution in [0.4, 0.5) is 23.7 Å². The number of nitrogens with zero attached hydrogens (tertiary/aromatic N) is 4. The van der Waals surface area contributed by atoms with Gasteiger partial charge < -0.3 is 14.7 Å². The number of carbonyl (C=O) groups is 2. The van der Waals surface area contributed by atoms with E-state index in [1.807, 2.05) is 11.0 Å². The van der Waals surface area contributed by atoms with Gasteiger partial charge in [-0.15, -0.1) is 0 Å². The average molecular weight is 614 g/mol. The number of halogens is 5. The average Bonchev–Trinajstić information content (AvgIpc) is 2.93. The molecule has 4 rings (SSSR count). The van der Waals surface area contributed by atoms with Crippen molar-refractivity contribution in [2.75, 3.05) is 44.7 Å². The third kappa shape index (κ3) is 7.48. The van der Waals surface area contributed by atoms with Gasteiger partial charge in [0.05, 0.1) is 21.7 Å². The van der Waals surface area contributed by atoms with Crippen molar-refractivity contribution < 1.29 is 22.8 Å². The van der Waals surface area contributed by atoms with Crippen LogP contribution >= 0.6 is 23.2 Å². The number of likely N-dealkylation sites (tertiary alicyclic amines) is 1. The molecule has 0 saturated carbocycles. The number of benzene rings is 2. The molecule has 0 aromatic heterocycles. The van der Waals surface area contributed by atoms with E-state index in [0.29, 0.717) is 41.2 Å². The normalized spacial score (nSPS) is 19.1. The second kappa shape index (κ2) is 12.8. The molecule has 0 unspecified atom stereocenters. The number of amides is 3. The second-order valence-corrected chi connectivity index (χ2v) is 12.2. The Kier molecular flexibility index (Phi) is 9.81. The molecule has 0 aliphatic carbocycles. The van der Waals surface area contributed by atoms with E-state index >= 15 is 0 Å². The molecule has 0 spiro atoms. The van der Waals surface area contributed by atoms with Crippen molar-refractivity contribution >= 4 is 40.8 Å². The van der Waals surface area contributed by atoms with Crippen LogP contribution < -0.4 is 4.90 Å². The highest BCUT2D eigenvalue weighted by molar-refractivity contribution is 6.42. The highest BCUT2D eigenvalue weighted by atomic mass is 35.5. The Morgan fingerprint density at radius 1 is 1.00 bits per heavy atom. The van der Waals surface area contributed by atoms with Gasteiger partial charge in [0.2, 0.25) is 5.91 Å². The van der Waals surface area contributed by atoms with E-state index in [2.05, 4.69) is 18.7 Å². The van der Waals surface area contributed by atoms with Gasteiger partial charge >= 0.3 is 12.2 Å². The maximum atomic E-state index is 13.8. The Morgan fingerprint density at radius 2 is 1.68 bits per heavy atom. The minimum absolute atomic E-state index is 0.0614. The molecule has 11 heteroatoms. The molecule has 224 valence electrons. The van der Waals surface area contributed by atoms with Gasteiger partial charge in [-0.3, -0.25) is 9.69 Å². The molecule has 0 radical (unpaired) electrons. The van der Waals surface area contributed by atoms with Gasteiger partial charge in [0.25, 0.3) is 0 Å². The second-order valence-electron chi connectivity index (χ2n) is 11.4. The first-order valence-corrected chi connectivity index (χ1v) is 14.7. The van der Waals surface area contributed by atoms with Crippen molar-refractivity contribution in [3.05, 3.63) is 63.1 Å². The third-order valence-electron chi connectivity index (χ3n) is 8.17. The van der Waals surface area contributed by atoms with Gasteiger partial charge in [-0.05, 0) is 94.6 Å². The van der Waals surface area contributed by atoms with Crippen LogP contribution in [0.5, 0.6) is 0 Å². The number of anilines is 1. The first-order valence-electron chi connectivity index (χ1n) is 13.9. The van der Waals surface area contributed by atoms with Crippen LogP contribution in [0, 0.1) is 12.8 Å². The zero-order chi connectivity index (χ0) is 30.1. The maximum absolute atomic E-state index is 13.8. The monoisotopic (exact) mass is 612 g/mol. The summed E-state index contributed by atoms with van der Waals surface area (Å²) < 4.78 is 40.5. The summed E-state index contributed by atoms with van der Waals surface area (Å²) >= 11 is 12.4. The topological polar surface area (TPSA) is 47.1 Å². The molecule has 2 fully saturated rings. The van der Waals surface area contributed by atoms with Crippen molar-refractivity contribution in [3.63, 3.8) is 0 Å². The number of aryl methyl sites for hydroxylation is 1. The van der Waals surface area contributed by atoms with Gasteiger partial charge in [-0.2, -0.15) is 13.2 Å². The summed E-state index contributed by atoms with van der Waals surface area (Å²) in [6.45, 7) is 8.59. The van der Waals surface area contributed by atoms with Crippen LogP contribution in [0.2, 0.25) is 10.0 Å². The summed E-state index contributed by atoms with van der Waals surface area (Å²) in [6, 6.07) is 8.49. The van der Waals surface area contributed by atoms with Crippen LogP contribution in [0.3, 0.4) is 0 Å². The van der Waals surface area contributed by atoms with Crippen molar-refractivity contribution in [2.24, 2.45) is 5.92 Å². The highest BCUT2D eigenvalue weighted by Crippen LogP contribution is 2.33. The summed E-state index contributed by atoms with van der Waals surface area (Å²) in [5, 5.41) is 0.801. The summed E-state index contributed by atoms with van der Waals surface area (Å²) in [5.41, 5.74) is 0.601. The summed E-state index contributed by atoms with van der Waals surface area (Å²) in [6.07, 6.45) is -2.53. The molecule has 1 atom stereocenters. The van der Waals surface area contributed by atoms with Crippen LogP contribution in [-0.2, 0) is 17.4 Å². The molecule has 2 aromatic rings. The summed E-state index contributed by atoms with van der Waals surface area (Å²) in [4.78, 5) is 34.5. The van der Waals surface area contributed by atoms with E-state index in [4.69, 9.17) is 23.2 Å². The number of carbonyl (C=O) groups excluding carboxylic acids is 2. The van der Waals surface area contributed by atoms with Crippen LogP contribution in [0.1, 0.15) is 43.4 Å². The number of rotatable bonds is 5. The van der Waals surface area contributed by atoms with Crippen LogP contribution in [0.15, 0.2) is 36.4 Å². The standard InChI is InChI=1S/C30H37Cl2F3N4O2/c1-19(2)37-9-7-22(8-10-37)28(40)38-11-12-39(25(18-38)15-21-5-6-26(31)27(32)16-21)29(41)36(4)24-14-20(3)13-23(17-24)30(33,34)35/h5-6,13-14,16-17,19,22,25H,7-12,15,18H2,1-4H3/t25-/m1/s1. The number of piperazine rings is 1. The molecular formula is C30H37Cl2F3N4O2. The van der Waals surface area contributed by atoms with Gasteiger partial charge in [0, 0.05) is 44.3 Å². The lowest BCUT2D eigenvalue weighted by Crippen LogP contribution is -2.60. The summed E-state index contributed by atoms with van der Waals surface area (Å²) in [5.74, 6) is 0.0372. The Balaban J connectivity index is 1.56. The molecule has 6 nitrogen and oxygen atoms in total. The van der Waals surface area contributed by atoms with Gasteiger partial charge in [-0.25, -0.2) is 4.79 Å². The summed E-state index contributed by atoms with van der Waals surface area (Å²) in [7, 11) is 1.48. The van der Waals surface area contributed by atoms with Crippen LogP contribution in [-0.4, -0.2) is 78.5 Å². The quantitative estimate of drug-likeness (QED) is 0.375. The molecule has 2 heterocycles. The Labute approximate surface area is 250 Å². The Bertz CT molecular complexity index is 1260. The molecule has 0 bridgehead atoms. The Hall–Kier alpha value is -2.49. The lowest BCUT2D eigenvalue weighted by Gasteiger charge is -2.44. The third-order valence-corrected chi connectivity index (χ3v) is 8.91. The predicted molar refractivity (Wildman–Crippen MR) is 157 cm³/mol. The number of alkyl halides is 3. The highest BCUT2D eigenvalue weighted by Gasteiger charge is 2.38. The number of piperidine rings is 1. The van der Waals surface area contributed by atoms with Crippen molar-refractivity contribution in [2.45, 2.75) is 58.3 Å². The van der Waals surface area contributed by atoms with Crippen molar-refractivity contribution in [1.82, 2.24) is 14.7 Å². The fourth-order valence-electron chi connectivity index (χ4n) is 5.76. The van der Waals surface area contributed by atoms with E-state index < -0.39 is 23.8 Å². The van der Waals surface area contributed by atoms with Gasteiger partial charge in [-0.1, -0.05) is 29.3 Å². The smallest absolute Gasteiger partial charge is 0.339 e. The van der Waals surface area contributed by atoms with E-state index in [0.717, 1.165) is 43.6 Å². The molecule has 2 aliphatic rings. The molecule has 2 saturated heterocycles. The van der Waals surface area contributed by atoms with Gasteiger partial charge in [0.1, 0.15) is 0 Å².